The maximum absolute atomic E-state index is 13.1. The van der Waals surface area contributed by atoms with Crippen molar-refractivity contribution in [3.63, 3.8) is 0 Å². The maximum Gasteiger partial charge on any atom is 0.417 e. The van der Waals surface area contributed by atoms with Crippen LogP contribution in [0, 0.1) is 11.7 Å². The van der Waals surface area contributed by atoms with Crippen LogP contribution in [0.25, 0.3) is 0 Å². The van der Waals surface area contributed by atoms with Gasteiger partial charge in [-0.05, 0) is 45.0 Å². The number of carbonyl (C=O) groups is 2. The Hall–Kier alpha value is -1.95. The molecule has 1 aromatic carbocycles. The second-order valence-corrected chi connectivity index (χ2v) is 6.44. The van der Waals surface area contributed by atoms with E-state index in [0.29, 0.717) is 5.56 Å². The molecule has 5 nitrogen and oxygen atoms in total. The molecule has 1 aliphatic rings. The molecule has 1 saturated heterocycles. The molecule has 2 atom stereocenters. The Bertz CT molecular complexity index is 566. The van der Waals surface area contributed by atoms with Crippen molar-refractivity contribution in [1.82, 2.24) is 4.90 Å². The molecule has 2 rings (SSSR count). The molecular weight excluding hydrogens is 287 g/mol. The van der Waals surface area contributed by atoms with Gasteiger partial charge in [0.2, 0.25) is 5.91 Å². The fourth-order valence-corrected chi connectivity index (χ4v) is 2.62. The summed E-state index contributed by atoms with van der Waals surface area (Å²) in [6.07, 6.45) is -0.514. The molecule has 6 heteroatoms. The molecule has 1 aromatic rings. The van der Waals surface area contributed by atoms with Gasteiger partial charge in [0, 0.05) is 12.3 Å². The molecule has 0 spiro atoms. The highest BCUT2D eigenvalue weighted by Gasteiger charge is 2.45. The number of ether oxygens (including phenoxy) is 1. The molecule has 1 heterocycles. The zero-order chi connectivity index (χ0) is 16.5. The lowest BCUT2D eigenvalue weighted by Crippen LogP contribution is -2.40. The minimum atomic E-state index is -0.703. The van der Waals surface area contributed by atoms with E-state index in [1.165, 1.54) is 12.1 Å². The number of amides is 2. The van der Waals surface area contributed by atoms with Crippen LogP contribution in [0.3, 0.4) is 0 Å². The van der Waals surface area contributed by atoms with Gasteiger partial charge in [0.15, 0.2) is 0 Å². The topological polar surface area (TPSA) is 72.6 Å². The average molecular weight is 308 g/mol. The zero-order valence-electron chi connectivity index (χ0n) is 13.0. The highest BCUT2D eigenvalue weighted by Crippen LogP contribution is 2.38. The number of nitrogens with two attached hydrogens (primary N) is 1. The van der Waals surface area contributed by atoms with Gasteiger partial charge in [0.05, 0.1) is 6.04 Å². The van der Waals surface area contributed by atoms with E-state index in [4.69, 9.17) is 10.5 Å². The number of benzene rings is 1. The van der Waals surface area contributed by atoms with Crippen LogP contribution in [0.2, 0.25) is 0 Å². The van der Waals surface area contributed by atoms with Crippen molar-refractivity contribution in [2.45, 2.75) is 38.8 Å². The summed E-state index contributed by atoms with van der Waals surface area (Å²) in [5, 5.41) is 0. The van der Waals surface area contributed by atoms with Gasteiger partial charge in [-0.3, -0.25) is 4.79 Å². The predicted molar refractivity (Wildman–Crippen MR) is 79.4 cm³/mol. The van der Waals surface area contributed by atoms with Gasteiger partial charge in [-0.1, -0.05) is 12.1 Å². The zero-order valence-corrected chi connectivity index (χ0v) is 13.0. The quantitative estimate of drug-likeness (QED) is 0.911. The first kappa shape index (κ1) is 16.4. The molecule has 2 unspecified atom stereocenters. The Balaban J connectivity index is 2.34. The summed E-state index contributed by atoms with van der Waals surface area (Å²) in [6, 6.07) is 5.22. The van der Waals surface area contributed by atoms with Crippen molar-refractivity contribution in [3.8, 4) is 0 Å². The van der Waals surface area contributed by atoms with Crippen LogP contribution in [0.15, 0.2) is 24.3 Å². The standard InChI is InChI=1S/C16H21FN2O3/c1-16(2,3)22-15(21)19-13(20)8-11(9-18)14(19)10-4-6-12(17)7-5-10/h4-7,11,14H,8-9,18H2,1-3H3. The van der Waals surface area contributed by atoms with Gasteiger partial charge in [-0.2, -0.15) is 0 Å². The first-order valence-electron chi connectivity index (χ1n) is 7.23. The summed E-state index contributed by atoms with van der Waals surface area (Å²) in [5.41, 5.74) is 5.71. The SMILES string of the molecule is CC(C)(C)OC(=O)N1C(=O)CC(CN)C1c1ccc(F)cc1. The van der Waals surface area contributed by atoms with Gasteiger partial charge < -0.3 is 10.5 Å². The lowest BCUT2D eigenvalue weighted by atomic mass is 9.94. The monoisotopic (exact) mass is 308 g/mol. The minimum absolute atomic E-state index is 0.178. The van der Waals surface area contributed by atoms with Crippen molar-refractivity contribution in [1.29, 1.82) is 0 Å². The number of hydrogen-bond acceptors (Lipinski definition) is 4. The third-order valence-electron chi connectivity index (χ3n) is 3.53. The lowest BCUT2D eigenvalue weighted by Gasteiger charge is -2.29. The van der Waals surface area contributed by atoms with Crippen LogP contribution in [0.1, 0.15) is 38.8 Å². The molecule has 22 heavy (non-hydrogen) atoms. The summed E-state index contributed by atoms with van der Waals surface area (Å²) in [5.74, 6) is -0.898. The molecular formula is C16H21FN2O3. The van der Waals surface area contributed by atoms with Gasteiger partial charge in [-0.25, -0.2) is 14.1 Å². The van der Waals surface area contributed by atoms with Gasteiger partial charge in [-0.15, -0.1) is 0 Å². The largest absolute Gasteiger partial charge is 0.443 e. The number of carbonyl (C=O) groups excluding carboxylic acids is 2. The molecule has 0 saturated carbocycles. The van der Waals surface area contributed by atoms with Crippen LogP contribution in [-0.2, 0) is 9.53 Å². The Kier molecular flexibility index (Phi) is 4.51. The number of likely N-dealkylation sites (tertiary alicyclic amines) is 1. The third kappa shape index (κ3) is 3.44. The molecule has 0 aliphatic carbocycles. The molecule has 0 radical (unpaired) electrons. The fourth-order valence-electron chi connectivity index (χ4n) is 2.62. The van der Waals surface area contributed by atoms with E-state index in [1.54, 1.807) is 32.9 Å². The summed E-state index contributed by atoms with van der Waals surface area (Å²) in [7, 11) is 0. The number of nitrogens with zero attached hydrogens (tertiary/aromatic N) is 1. The van der Waals surface area contributed by atoms with Crippen molar-refractivity contribution in [2.75, 3.05) is 6.54 Å². The van der Waals surface area contributed by atoms with E-state index in [9.17, 15) is 14.0 Å². The third-order valence-corrected chi connectivity index (χ3v) is 3.53. The van der Waals surface area contributed by atoms with Crippen molar-refractivity contribution in [3.05, 3.63) is 35.6 Å². The van der Waals surface area contributed by atoms with E-state index in [-0.39, 0.29) is 30.6 Å². The van der Waals surface area contributed by atoms with E-state index in [1.807, 2.05) is 0 Å². The number of rotatable bonds is 2. The molecule has 0 bridgehead atoms. The maximum atomic E-state index is 13.1. The van der Waals surface area contributed by atoms with Crippen LogP contribution in [-0.4, -0.2) is 29.0 Å². The number of imide groups is 1. The van der Waals surface area contributed by atoms with Crippen LogP contribution < -0.4 is 5.73 Å². The molecule has 120 valence electrons. The van der Waals surface area contributed by atoms with Crippen LogP contribution >= 0.6 is 0 Å². The molecule has 2 amide bonds. The average Bonchev–Trinajstić information content (AvgIpc) is 2.74. The van der Waals surface area contributed by atoms with E-state index in [0.717, 1.165) is 4.90 Å². The minimum Gasteiger partial charge on any atom is -0.443 e. The summed E-state index contributed by atoms with van der Waals surface area (Å²) >= 11 is 0. The predicted octanol–water partition coefficient (Wildman–Crippen LogP) is 2.61. The highest BCUT2D eigenvalue weighted by molar-refractivity contribution is 5.94. The second-order valence-electron chi connectivity index (χ2n) is 6.44. The number of halogens is 1. The van der Waals surface area contributed by atoms with Gasteiger partial charge in [0.1, 0.15) is 11.4 Å². The van der Waals surface area contributed by atoms with Crippen molar-refractivity contribution in [2.24, 2.45) is 11.7 Å². The van der Waals surface area contributed by atoms with E-state index in [2.05, 4.69) is 0 Å². The van der Waals surface area contributed by atoms with Crippen LogP contribution in [0.4, 0.5) is 9.18 Å². The molecule has 1 aliphatic heterocycles. The first-order chi connectivity index (χ1) is 10.2. The van der Waals surface area contributed by atoms with E-state index >= 15 is 0 Å². The van der Waals surface area contributed by atoms with E-state index < -0.39 is 17.7 Å². The smallest absolute Gasteiger partial charge is 0.417 e. The summed E-state index contributed by atoms with van der Waals surface area (Å²) < 4.78 is 18.4. The summed E-state index contributed by atoms with van der Waals surface area (Å²) in [6.45, 7) is 5.46. The Morgan fingerprint density at radius 1 is 1.36 bits per heavy atom. The normalized spacial score (nSPS) is 22.0. The molecule has 0 aromatic heterocycles. The van der Waals surface area contributed by atoms with Crippen LogP contribution in [0.5, 0.6) is 0 Å². The summed E-state index contributed by atoms with van der Waals surface area (Å²) in [4.78, 5) is 25.7. The highest BCUT2D eigenvalue weighted by atomic mass is 19.1. The van der Waals surface area contributed by atoms with Crippen molar-refractivity contribution >= 4 is 12.0 Å². The lowest BCUT2D eigenvalue weighted by molar-refractivity contribution is -0.128. The Morgan fingerprint density at radius 2 is 1.95 bits per heavy atom. The molecule has 2 N–H and O–H groups in total. The Morgan fingerprint density at radius 3 is 2.45 bits per heavy atom. The first-order valence-corrected chi connectivity index (χ1v) is 7.23. The van der Waals surface area contributed by atoms with Gasteiger partial charge >= 0.3 is 6.09 Å². The van der Waals surface area contributed by atoms with Gasteiger partial charge in [0.25, 0.3) is 0 Å². The molecule has 1 fully saturated rings. The second kappa shape index (κ2) is 6.04. The Labute approximate surface area is 129 Å². The van der Waals surface area contributed by atoms with Crippen molar-refractivity contribution < 1.29 is 18.7 Å². The fraction of sp³-hybridized carbons (Fsp3) is 0.500. The number of hydrogen-bond donors (Lipinski definition) is 1.